The first kappa shape index (κ1) is 19.3. The van der Waals surface area contributed by atoms with Gasteiger partial charge in [-0.3, -0.25) is 4.98 Å². The van der Waals surface area contributed by atoms with E-state index in [1.165, 1.54) is 28.2 Å². The van der Waals surface area contributed by atoms with Crippen LogP contribution in [0.4, 0.5) is 9.18 Å². The van der Waals surface area contributed by atoms with Crippen molar-refractivity contribution in [3.8, 4) is 16.5 Å². The van der Waals surface area contributed by atoms with Crippen molar-refractivity contribution < 1.29 is 18.7 Å². The molecule has 3 aromatic heterocycles. The third-order valence-electron chi connectivity index (χ3n) is 3.26. The molecule has 6 nitrogen and oxygen atoms in total. The van der Waals surface area contributed by atoms with Crippen LogP contribution in [0.5, 0.6) is 5.88 Å². The third kappa shape index (κ3) is 4.44. The predicted octanol–water partition coefficient (Wildman–Crippen LogP) is 5.26. The zero-order chi connectivity index (χ0) is 20.0. The van der Waals surface area contributed by atoms with Crippen LogP contribution in [0.25, 0.3) is 20.9 Å². The number of carbonyl (C=O) groups is 1. The molecule has 0 aromatic carbocycles. The number of hydrogen-bond donors (Lipinski definition) is 0. The number of fused-ring (bicyclic) bond motifs is 1. The quantitative estimate of drug-likeness (QED) is 0.596. The number of halogens is 1. The van der Waals surface area contributed by atoms with E-state index >= 15 is 0 Å². The average Bonchev–Trinajstić information content (AvgIpc) is 3.00. The highest BCUT2D eigenvalue weighted by Gasteiger charge is 2.27. The lowest BCUT2D eigenvalue weighted by molar-refractivity contribution is 0.0499. The molecule has 0 saturated carbocycles. The van der Waals surface area contributed by atoms with Crippen molar-refractivity contribution in [1.29, 1.82) is 0 Å². The molecule has 0 atom stereocenters. The van der Waals surface area contributed by atoms with Crippen LogP contribution in [-0.2, 0) is 4.74 Å². The second-order valence-electron chi connectivity index (χ2n) is 8.11. The average molecular weight is 391 g/mol. The maximum absolute atomic E-state index is 13.5. The molecular formula is C19H22FN3O3S. The molecule has 0 bridgehead atoms. The monoisotopic (exact) mass is 391 g/mol. The van der Waals surface area contributed by atoms with Gasteiger partial charge in [0.05, 0.1) is 6.20 Å². The zero-order valence-electron chi connectivity index (χ0n) is 16.2. The van der Waals surface area contributed by atoms with Crippen LogP contribution in [0.3, 0.4) is 0 Å². The molecule has 0 unspecified atom stereocenters. The molecular weight excluding hydrogens is 369 g/mol. The van der Waals surface area contributed by atoms with E-state index in [4.69, 9.17) is 9.47 Å². The summed E-state index contributed by atoms with van der Waals surface area (Å²) in [5, 5.41) is 0.562. The Labute approximate surface area is 161 Å². The van der Waals surface area contributed by atoms with Crippen LogP contribution in [0.1, 0.15) is 41.5 Å². The summed E-state index contributed by atoms with van der Waals surface area (Å²) in [4.78, 5) is 21.8. The number of nitrogens with zero attached hydrogens (tertiary/aromatic N) is 3. The topological polar surface area (TPSA) is 66.2 Å². The van der Waals surface area contributed by atoms with Crippen LogP contribution in [0.2, 0.25) is 0 Å². The molecule has 3 aromatic rings. The number of carbonyl (C=O) groups excluding carboxylic acids is 1. The highest BCUT2D eigenvalue weighted by atomic mass is 32.1. The van der Waals surface area contributed by atoms with Crippen molar-refractivity contribution in [1.82, 2.24) is 14.5 Å². The van der Waals surface area contributed by atoms with E-state index in [-0.39, 0.29) is 0 Å². The maximum atomic E-state index is 13.5. The summed E-state index contributed by atoms with van der Waals surface area (Å²) in [5.41, 5.74) is -0.0445. The molecule has 0 N–H and O–H groups in total. The molecule has 0 radical (unpaired) electrons. The summed E-state index contributed by atoms with van der Waals surface area (Å²) >= 11 is 1.25. The Kier molecular flexibility index (Phi) is 4.71. The van der Waals surface area contributed by atoms with Crippen molar-refractivity contribution in [2.75, 3.05) is 0 Å². The molecule has 27 heavy (non-hydrogen) atoms. The Bertz CT molecular complexity index is 996. The molecule has 0 fully saturated rings. The first-order chi connectivity index (χ1) is 12.4. The first-order valence-electron chi connectivity index (χ1n) is 8.48. The van der Waals surface area contributed by atoms with Crippen LogP contribution >= 0.6 is 11.3 Å². The largest absolute Gasteiger partial charge is 0.473 e. The standard InChI is InChI=1S/C19H22FN3O3S/c1-18(2,3)25-14-8-13-16(23(14)17(24)26-19(4,5)6)27-15(22-13)11-7-12(20)10-21-9-11/h7-10H,1-6H3. The summed E-state index contributed by atoms with van der Waals surface area (Å²) in [7, 11) is 0. The minimum absolute atomic E-state index is 0.356. The van der Waals surface area contributed by atoms with Gasteiger partial charge in [-0.15, -0.1) is 0 Å². The van der Waals surface area contributed by atoms with Crippen molar-refractivity contribution in [2.24, 2.45) is 0 Å². The number of pyridine rings is 1. The van der Waals surface area contributed by atoms with Crippen LogP contribution in [0.15, 0.2) is 24.5 Å². The van der Waals surface area contributed by atoms with Crippen molar-refractivity contribution in [3.05, 3.63) is 30.3 Å². The Morgan fingerprint density at radius 3 is 2.41 bits per heavy atom. The summed E-state index contributed by atoms with van der Waals surface area (Å²) in [6.45, 7) is 11.1. The summed E-state index contributed by atoms with van der Waals surface area (Å²) < 4.78 is 26.3. The van der Waals surface area contributed by atoms with Crippen molar-refractivity contribution >= 4 is 27.8 Å². The molecule has 0 aliphatic carbocycles. The van der Waals surface area contributed by atoms with Gasteiger partial charge in [0.1, 0.15) is 32.4 Å². The Balaban J connectivity index is 2.12. The highest BCUT2D eigenvalue weighted by molar-refractivity contribution is 7.21. The van der Waals surface area contributed by atoms with E-state index in [2.05, 4.69) is 9.97 Å². The summed E-state index contributed by atoms with van der Waals surface area (Å²) in [6, 6.07) is 3.05. The van der Waals surface area contributed by atoms with E-state index in [1.807, 2.05) is 20.8 Å². The number of hydrogen-bond acceptors (Lipinski definition) is 6. The minimum Gasteiger partial charge on any atom is -0.473 e. The van der Waals surface area contributed by atoms with Gasteiger partial charge in [0, 0.05) is 17.8 Å². The fourth-order valence-electron chi connectivity index (χ4n) is 2.38. The lowest BCUT2D eigenvalue weighted by atomic mass is 10.2. The summed E-state index contributed by atoms with van der Waals surface area (Å²) in [6.07, 6.45) is 2.11. The molecule has 3 rings (SSSR count). The normalized spacial score (nSPS) is 12.4. The van der Waals surface area contributed by atoms with E-state index in [9.17, 15) is 9.18 Å². The van der Waals surface area contributed by atoms with Gasteiger partial charge in [0.25, 0.3) is 0 Å². The second kappa shape index (κ2) is 6.60. The first-order valence-corrected chi connectivity index (χ1v) is 9.30. The molecule has 0 saturated heterocycles. The summed E-state index contributed by atoms with van der Waals surface area (Å²) in [5.74, 6) is -0.0893. The molecule has 0 aliphatic rings. The van der Waals surface area contributed by atoms with Crippen LogP contribution in [0, 0.1) is 5.82 Å². The van der Waals surface area contributed by atoms with Gasteiger partial charge in [-0.2, -0.15) is 0 Å². The number of aromatic nitrogens is 3. The third-order valence-corrected chi connectivity index (χ3v) is 4.36. The van der Waals surface area contributed by atoms with Crippen molar-refractivity contribution in [2.45, 2.75) is 52.7 Å². The van der Waals surface area contributed by atoms with Crippen LogP contribution in [-0.4, -0.2) is 31.8 Å². The lowest BCUT2D eigenvalue weighted by Crippen LogP contribution is -2.29. The molecule has 0 spiro atoms. The molecule has 0 aliphatic heterocycles. The van der Waals surface area contributed by atoms with Crippen LogP contribution < -0.4 is 4.74 Å². The number of thiazole rings is 1. The maximum Gasteiger partial charge on any atom is 0.422 e. The molecule has 0 amide bonds. The SMILES string of the molecule is CC(C)(C)OC(=O)n1c(OC(C)(C)C)cc2nc(-c3cncc(F)c3)sc21. The fourth-order valence-corrected chi connectivity index (χ4v) is 3.40. The van der Waals surface area contributed by atoms with Gasteiger partial charge in [0.15, 0.2) is 0 Å². The Hall–Kier alpha value is -2.48. The van der Waals surface area contributed by atoms with E-state index in [0.29, 0.717) is 26.8 Å². The highest BCUT2D eigenvalue weighted by Crippen LogP contribution is 2.36. The molecule has 3 heterocycles. The second-order valence-corrected chi connectivity index (χ2v) is 9.09. The van der Waals surface area contributed by atoms with E-state index in [0.717, 1.165) is 6.20 Å². The van der Waals surface area contributed by atoms with E-state index in [1.54, 1.807) is 26.8 Å². The van der Waals surface area contributed by atoms with Gasteiger partial charge in [0.2, 0.25) is 5.88 Å². The Morgan fingerprint density at radius 2 is 1.81 bits per heavy atom. The van der Waals surface area contributed by atoms with Gasteiger partial charge < -0.3 is 9.47 Å². The smallest absolute Gasteiger partial charge is 0.422 e. The number of ether oxygens (including phenoxy) is 2. The zero-order valence-corrected chi connectivity index (χ0v) is 17.0. The van der Waals surface area contributed by atoms with Gasteiger partial charge in [-0.05, 0) is 47.6 Å². The molecule has 144 valence electrons. The molecule has 8 heteroatoms. The fraction of sp³-hybridized carbons (Fsp3) is 0.421. The van der Waals surface area contributed by atoms with Gasteiger partial charge >= 0.3 is 6.09 Å². The predicted molar refractivity (Wildman–Crippen MR) is 103 cm³/mol. The van der Waals surface area contributed by atoms with E-state index < -0.39 is 23.1 Å². The lowest BCUT2D eigenvalue weighted by Gasteiger charge is -2.24. The van der Waals surface area contributed by atoms with Crippen molar-refractivity contribution in [3.63, 3.8) is 0 Å². The minimum atomic E-state index is -0.660. The Morgan fingerprint density at radius 1 is 1.11 bits per heavy atom. The van der Waals surface area contributed by atoms with Gasteiger partial charge in [-0.1, -0.05) is 11.3 Å². The van der Waals surface area contributed by atoms with Gasteiger partial charge in [-0.25, -0.2) is 18.7 Å². The number of rotatable bonds is 2.